The second-order valence-corrected chi connectivity index (χ2v) is 10.2. The average Bonchev–Trinajstić information content (AvgIpc) is 3.53. The maximum absolute atomic E-state index is 12.6. The molecule has 0 spiro atoms. The van der Waals surface area contributed by atoms with Crippen LogP contribution in [0, 0.1) is 5.41 Å². The highest BCUT2D eigenvalue weighted by atomic mass is 32.1. The van der Waals surface area contributed by atoms with Crippen LogP contribution in [0.4, 0.5) is 0 Å². The van der Waals surface area contributed by atoms with E-state index >= 15 is 0 Å². The standard InChI is InChI=1S/C27H31N5OS/c1-30-27(33)25-22(21-7-3-4-8-24(21)34-25)16-32-13-5-6-19(32)11-12-20-14-17-9-10-18(26(28)29)15-23(17)31(20)2/h3-4,7-10,14-15,19H,5-6,11-13,16H2,1-2H3,(H3,28,29)(H,30,33). The number of rotatable bonds is 7. The van der Waals surface area contributed by atoms with Crippen molar-refractivity contribution >= 4 is 44.1 Å². The van der Waals surface area contributed by atoms with Crippen molar-refractivity contribution in [2.75, 3.05) is 13.6 Å². The molecule has 34 heavy (non-hydrogen) atoms. The number of carbonyl (C=O) groups excluding carboxylic acids is 1. The molecule has 4 N–H and O–H groups in total. The molecule has 1 unspecified atom stereocenters. The van der Waals surface area contributed by atoms with E-state index in [9.17, 15) is 4.79 Å². The summed E-state index contributed by atoms with van der Waals surface area (Å²) in [5, 5.41) is 12.9. The predicted molar refractivity (Wildman–Crippen MR) is 141 cm³/mol. The summed E-state index contributed by atoms with van der Waals surface area (Å²) >= 11 is 1.59. The Hall–Kier alpha value is -3.16. The number of benzene rings is 2. The molecule has 1 aliphatic rings. The highest BCUT2D eigenvalue weighted by Crippen LogP contribution is 2.34. The van der Waals surface area contributed by atoms with E-state index < -0.39 is 0 Å². The maximum atomic E-state index is 12.6. The quantitative estimate of drug-likeness (QED) is 0.270. The van der Waals surface area contributed by atoms with E-state index in [-0.39, 0.29) is 11.7 Å². The number of thiophene rings is 1. The Bertz CT molecular complexity index is 1380. The molecule has 1 amide bonds. The van der Waals surface area contributed by atoms with Gasteiger partial charge in [0.2, 0.25) is 0 Å². The Balaban J connectivity index is 1.35. The zero-order chi connectivity index (χ0) is 23.8. The first-order chi connectivity index (χ1) is 16.5. The summed E-state index contributed by atoms with van der Waals surface area (Å²) in [6.07, 6.45) is 4.46. The van der Waals surface area contributed by atoms with Gasteiger partial charge in [-0.2, -0.15) is 0 Å². The van der Waals surface area contributed by atoms with Crippen LogP contribution in [0.2, 0.25) is 0 Å². The first-order valence-corrected chi connectivity index (χ1v) is 12.7. The maximum Gasteiger partial charge on any atom is 0.261 e. The largest absolute Gasteiger partial charge is 0.384 e. The minimum Gasteiger partial charge on any atom is -0.384 e. The van der Waals surface area contributed by atoms with Crippen LogP contribution in [-0.2, 0) is 20.0 Å². The molecule has 3 heterocycles. The number of nitrogen functional groups attached to an aromatic ring is 1. The van der Waals surface area contributed by atoms with Crippen molar-refractivity contribution in [2.24, 2.45) is 12.8 Å². The summed E-state index contributed by atoms with van der Waals surface area (Å²) in [5.41, 5.74) is 10.0. The van der Waals surface area contributed by atoms with Gasteiger partial charge in [-0.25, -0.2) is 0 Å². The highest BCUT2D eigenvalue weighted by Gasteiger charge is 2.28. The van der Waals surface area contributed by atoms with Gasteiger partial charge in [0.1, 0.15) is 5.84 Å². The van der Waals surface area contributed by atoms with Crippen molar-refractivity contribution in [3.8, 4) is 0 Å². The second kappa shape index (κ2) is 9.24. The van der Waals surface area contributed by atoms with Gasteiger partial charge in [-0.15, -0.1) is 11.3 Å². The normalized spacial score (nSPS) is 16.5. The Morgan fingerprint density at radius 2 is 2.06 bits per heavy atom. The minimum absolute atomic E-state index is 0.00683. The summed E-state index contributed by atoms with van der Waals surface area (Å²) in [5.74, 6) is 0.107. The van der Waals surface area contributed by atoms with Crippen molar-refractivity contribution in [2.45, 2.75) is 38.3 Å². The van der Waals surface area contributed by atoms with Gasteiger partial charge in [-0.05, 0) is 66.8 Å². The zero-order valence-corrected chi connectivity index (χ0v) is 20.5. The van der Waals surface area contributed by atoms with Crippen LogP contribution in [0.1, 0.15) is 45.8 Å². The molecular weight excluding hydrogens is 442 g/mol. The smallest absolute Gasteiger partial charge is 0.261 e. The van der Waals surface area contributed by atoms with Gasteiger partial charge >= 0.3 is 0 Å². The number of nitrogens with two attached hydrogens (primary N) is 1. The number of carbonyl (C=O) groups is 1. The highest BCUT2D eigenvalue weighted by molar-refractivity contribution is 7.21. The van der Waals surface area contributed by atoms with Gasteiger partial charge in [0, 0.05) is 48.2 Å². The van der Waals surface area contributed by atoms with Crippen LogP contribution in [0.5, 0.6) is 0 Å². The van der Waals surface area contributed by atoms with Crippen molar-refractivity contribution < 1.29 is 4.79 Å². The Labute approximate surface area is 203 Å². The van der Waals surface area contributed by atoms with E-state index in [1.807, 2.05) is 18.2 Å². The third-order valence-electron chi connectivity index (χ3n) is 7.18. The van der Waals surface area contributed by atoms with E-state index in [1.54, 1.807) is 18.4 Å². The summed E-state index contributed by atoms with van der Waals surface area (Å²) in [4.78, 5) is 16.0. The zero-order valence-electron chi connectivity index (χ0n) is 19.7. The molecule has 2 aromatic heterocycles. The molecule has 4 aromatic rings. The lowest BCUT2D eigenvalue weighted by Gasteiger charge is -2.25. The molecule has 5 rings (SSSR count). The number of aromatic nitrogens is 1. The molecule has 1 atom stereocenters. The van der Waals surface area contributed by atoms with E-state index in [2.05, 4.69) is 52.2 Å². The van der Waals surface area contributed by atoms with Gasteiger partial charge in [-0.1, -0.05) is 30.3 Å². The van der Waals surface area contributed by atoms with Crippen LogP contribution in [0.3, 0.4) is 0 Å². The van der Waals surface area contributed by atoms with Crippen LogP contribution in [0.25, 0.3) is 21.0 Å². The van der Waals surface area contributed by atoms with E-state index in [4.69, 9.17) is 11.1 Å². The number of hydrogen-bond donors (Lipinski definition) is 3. The number of nitrogens with zero attached hydrogens (tertiary/aromatic N) is 2. The molecule has 6 nitrogen and oxygen atoms in total. The topological polar surface area (TPSA) is 87.1 Å². The molecule has 176 valence electrons. The van der Waals surface area contributed by atoms with Crippen LogP contribution in [0.15, 0.2) is 48.5 Å². The van der Waals surface area contributed by atoms with Crippen molar-refractivity contribution in [3.63, 3.8) is 0 Å². The van der Waals surface area contributed by atoms with Gasteiger partial charge in [0.25, 0.3) is 5.91 Å². The molecule has 0 radical (unpaired) electrons. The Morgan fingerprint density at radius 3 is 2.85 bits per heavy atom. The van der Waals surface area contributed by atoms with Crippen LogP contribution >= 0.6 is 11.3 Å². The van der Waals surface area contributed by atoms with Crippen LogP contribution < -0.4 is 11.1 Å². The van der Waals surface area contributed by atoms with Gasteiger partial charge in [-0.3, -0.25) is 15.1 Å². The minimum atomic E-state index is 0.00683. The SMILES string of the molecule is CNC(=O)c1sc2ccccc2c1CN1CCCC1CCc1cc2ccc(C(=N)N)cc2n1C. The second-order valence-electron chi connectivity index (χ2n) is 9.17. The molecule has 1 saturated heterocycles. The Morgan fingerprint density at radius 1 is 1.24 bits per heavy atom. The molecule has 1 fully saturated rings. The lowest BCUT2D eigenvalue weighted by Crippen LogP contribution is -2.30. The van der Waals surface area contributed by atoms with Crippen molar-refractivity contribution in [1.29, 1.82) is 5.41 Å². The molecule has 0 saturated carbocycles. The number of amides is 1. The first kappa shape index (κ1) is 22.6. The third kappa shape index (κ3) is 4.10. The van der Waals surface area contributed by atoms with Crippen molar-refractivity contribution in [3.05, 3.63) is 70.2 Å². The third-order valence-corrected chi connectivity index (χ3v) is 8.39. The fourth-order valence-corrected chi connectivity index (χ4v) is 6.46. The first-order valence-electron chi connectivity index (χ1n) is 11.9. The number of fused-ring (bicyclic) bond motifs is 2. The summed E-state index contributed by atoms with van der Waals surface area (Å²) in [7, 11) is 3.81. The fraction of sp³-hybridized carbons (Fsp3) is 0.333. The number of nitrogens with one attached hydrogen (secondary N) is 2. The van der Waals surface area contributed by atoms with Gasteiger partial charge < -0.3 is 15.6 Å². The molecular formula is C27H31N5OS. The van der Waals surface area contributed by atoms with E-state index in [0.29, 0.717) is 6.04 Å². The summed E-state index contributed by atoms with van der Waals surface area (Å²) in [6.45, 7) is 1.88. The van der Waals surface area contributed by atoms with E-state index in [1.165, 1.54) is 34.0 Å². The van der Waals surface area contributed by atoms with E-state index in [0.717, 1.165) is 47.5 Å². The van der Waals surface area contributed by atoms with Crippen molar-refractivity contribution in [1.82, 2.24) is 14.8 Å². The van der Waals surface area contributed by atoms with Gasteiger partial charge in [0.15, 0.2) is 0 Å². The summed E-state index contributed by atoms with van der Waals surface area (Å²) in [6, 6.07) is 17.1. The predicted octanol–water partition coefficient (Wildman–Crippen LogP) is 4.63. The monoisotopic (exact) mass is 473 g/mol. The number of aryl methyl sites for hydroxylation is 2. The molecule has 2 aromatic carbocycles. The molecule has 0 aliphatic carbocycles. The Kier molecular flexibility index (Phi) is 6.15. The average molecular weight is 474 g/mol. The molecule has 7 heteroatoms. The molecule has 1 aliphatic heterocycles. The number of likely N-dealkylation sites (tertiary alicyclic amines) is 1. The lowest BCUT2D eigenvalue weighted by atomic mass is 10.1. The van der Waals surface area contributed by atoms with Crippen LogP contribution in [-0.4, -0.2) is 40.8 Å². The lowest BCUT2D eigenvalue weighted by molar-refractivity contribution is 0.0965. The fourth-order valence-electron chi connectivity index (χ4n) is 5.30. The number of amidine groups is 1. The molecule has 0 bridgehead atoms. The van der Waals surface area contributed by atoms with Gasteiger partial charge in [0.05, 0.1) is 4.88 Å². The number of hydrogen-bond acceptors (Lipinski definition) is 4. The summed E-state index contributed by atoms with van der Waals surface area (Å²) < 4.78 is 3.41.